The normalized spacial score (nSPS) is 11.2. The number of hydrogen-bond acceptors (Lipinski definition) is 5. The quantitative estimate of drug-likeness (QED) is 0.714. The minimum Gasteiger partial charge on any atom is -0.476 e. The molecular formula is C18H23N3O4. The molecule has 0 saturated carbocycles. The molecule has 0 atom stereocenters. The highest BCUT2D eigenvalue weighted by molar-refractivity contribution is 5.66. The molecule has 1 aromatic heterocycles. The Hall–Kier alpha value is -2.67. The average molecular weight is 345 g/mol. The maximum Gasteiger partial charge on any atom is 0.405 e. The number of rotatable bonds is 8. The summed E-state index contributed by atoms with van der Waals surface area (Å²) in [5.41, 5.74) is 1.68. The van der Waals surface area contributed by atoms with Crippen molar-refractivity contribution in [3.8, 4) is 17.1 Å². The van der Waals surface area contributed by atoms with Crippen molar-refractivity contribution in [3.63, 3.8) is 0 Å². The second-order valence-corrected chi connectivity index (χ2v) is 6.07. The fourth-order valence-electron chi connectivity index (χ4n) is 2.33. The smallest absolute Gasteiger partial charge is 0.405 e. The number of nitrogens with one attached hydrogen (secondary N) is 1. The van der Waals surface area contributed by atoms with E-state index in [-0.39, 0.29) is 0 Å². The van der Waals surface area contributed by atoms with E-state index in [0.717, 1.165) is 17.5 Å². The fraction of sp³-hybridized carbons (Fsp3) is 0.389. The first-order chi connectivity index (χ1) is 11.9. The number of aromatic nitrogens is 2. The van der Waals surface area contributed by atoms with Crippen LogP contribution < -0.4 is 10.1 Å². The summed E-state index contributed by atoms with van der Waals surface area (Å²) < 4.78 is 10.5. The molecule has 7 nitrogen and oxygen atoms in total. The molecule has 7 heteroatoms. The van der Waals surface area contributed by atoms with Gasteiger partial charge in [-0.15, -0.1) is 0 Å². The highest BCUT2D eigenvalue weighted by atomic mass is 16.5. The van der Waals surface area contributed by atoms with Crippen molar-refractivity contribution in [2.45, 2.75) is 25.8 Å². The van der Waals surface area contributed by atoms with E-state index in [9.17, 15) is 4.79 Å². The first kappa shape index (κ1) is 18.7. The molecule has 0 saturated heterocycles. The summed E-state index contributed by atoms with van der Waals surface area (Å²) in [6.07, 6.45) is 2.94. The number of methoxy groups -OCH3 is 1. The zero-order valence-electron chi connectivity index (χ0n) is 14.7. The van der Waals surface area contributed by atoms with Crippen molar-refractivity contribution >= 4 is 6.09 Å². The summed E-state index contributed by atoms with van der Waals surface area (Å²) in [5, 5.41) is 11.5. The van der Waals surface area contributed by atoms with Crippen molar-refractivity contribution in [2.24, 2.45) is 0 Å². The van der Waals surface area contributed by atoms with E-state index in [1.807, 2.05) is 38.1 Å². The van der Waals surface area contributed by atoms with Crippen LogP contribution >= 0.6 is 0 Å². The number of benzene rings is 1. The van der Waals surface area contributed by atoms with Gasteiger partial charge < -0.3 is 19.9 Å². The van der Waals surface area contributed by atoms with E-state index in [2.05, 4.69) is 15.3 Å². The zero-order chi connectivity index (χ0) is 18.3. The minimum absolute atomic E-state index is 0.462. The molecule has 0 bridgehead atoms. The predicted molar refractivity (Wildman–Crippen MR) is 93.6 cm³/mol. The Labute approximate surface area is 147 Å². The molecule has 1 amide bonds. The van der Waals surface area contributed by atoms with Gasteiger partial charge in [-0.2, -0.15) is 0 Å². The van der Waals surface area contributed by atoms with Crippen LogP contribution in [-0.4, -0.2) is 41.5 Å². The average Bonchev–Trinajstić information content (AvgIpc) is 2.58. The van der Waals surface area contributed by atoms with Crippen LogP contribution in [0.4, 0.5) is 4.79 Å². The molecule has 0 aliphatic heterocycles. The van der Waals surface area contributed by atoms with E-state index in [0.29, 0.717) is 24.8 Å². The van der Waals surface area contributed by atoms with Gasteiger partial charge in [0.1, 0.15) is 0 Å². The SMILES string of the molecule is COCCCOc1cnc(-c2cccc(C(C)(C)NC(=O)O)c2)cn1. The molecule has 0 aliphatic rings. The third-order valence-electron chi connectivity index (χ3n) is 3.67. The summed E-state index contributed by atoms with van der Waals surface area (Å²) in [6.45, 7) is 4.77. The standard InChI is InChI=1S/C18H23N3O4/c1-18(2,21-17(22)23)14-7-4-6-13(10-14)15-11-20-16(12-19-15)25-9-5-8-24-3/h4,6-7,10-12,21H,5,8-9H2,1-3H3,(H,22,23). The van der Waals surface area contributed by atoms with E-state index in [4.69, 9.17) is 14.6 Å². The monoisotopic (exact) mass is 345 g/mol. The van der Waals surface area contributed by atoms with E-state index >= 15 is 0 Å². The lowest BCUT2D eigenvalue weighted by atomic mass is 9.92. The third kappa shape index (κ3) is 5.42. The Morgan fingerprint density at radius 2 is 2.04 bits per heavy atom. The molecule has 2 rings (SSSR count). The molecule has 1 aromatic carbocycles. The number of carboxylic acid groups (broad SMARTS) is 1. The largest absolute Gasteiger partial charge is 0.476 e. The number of amides is 1. The first-order valence-corrected chi connectivity index (χ1v) is 7.98. The van der Waals surface area contributed by atoms with Crippen molar-refractivity contribution in [3.05, 3.63) is 42.2 Å². The Balaban J connectivity index is 2.11. The van der Waals surface area contributed by atoms with Gasteiger partial charge in [-0.25, -0.2) is 14.8 Å². The van der Waals surface area contributed by atoms with Crippen LogP contribution in [-0.2, 0) is 10.3 Å². The van der Waals surface area contributed by atoms with Gasteiger partial charge in [0.2, 0.25) is 5.88 Å². The second-order valence-electron chi connectivity index (χ2n) is 6.07. The zero-order valence-corrected chi connectivity index (χ0v) is 14.7. The predicted octanol–water partition coefficient (Wildman–Crippen LogP) is 3.06. The van der Waals surface area contributed by atoms with Gasteiger partial charge in [0, 0.05) is 25.7 Å². The molecule has 0 unspecified atom stereocenters. The molecule has 0 fully saturated rings. The molecule has 0 aliphatic carbocycles. The van der Waals surface area contributed by atoms with Crippen molar-refractivity contribution < 1.29 is 19.4 Å². The maximum absolute atomic E-state index is 11.0. The lowest BCUT2D eigenvalue weighted by Gasteiger charge is -2.25. The number of carbonyl (C=O) groups is 1. The van der Waals surface area contributed by atoms with Gasteiger partial charge in [0.15, 0.2) is 0 Å². The molecule has 25 heavy (non-hydrogen) atoms. The van der Waals surface area contributed by atoms with Crippen LogP contribution in [0, 0.1) is 0 Å². The first-order valence-electron chi connectivity index (χ1n) is 7.98. The van der Waals surface area contributed by atoms with Crippen LogP contribution in [0.2, 0.25) is 0 Å². The van der Waals surface area contributed by atoms with Crippen LogP contribution in [0.15, 0.2) is 36.7 Å². The van der Waals surface area contributed by atoms with Crippen LogP contribution in [0.1, 0.15) is 25.8 Å². The van der Waals surface area contributed by atoms with Crippen LogP contribution in [0.3, 0.4) is 0 Å². The van der Waals surface area contributed by atoms with Crippen molar-refractivity contribution in [2.75, 3.05) is 20.3 Å². The molecule has 2 N–H and O–H groups in total. The Kier molecular flexibility index (Phi) is 6.30. The van der Waals surface area contributed by atoms with Crippen LogP contribution in [0.25, 0.3) is 11.3 Å². The fourth-order valence-corrected chi connectivity index (χ4v) is 2.33. The molecule has 134 valence electrons. The highest BCUT2D eigenvalue weighted by Gasteiger charge is 2.23. The van der Waals surface area contributed by atoms with Crippen LogP contribution in [0.5, 0.6) is 5.88 Å². The number of ether oxygens (including phenoxy) is 2. The third-order valence-corrected chi connectivity index (χ3v) is 3.67. The topological polar surface area (TPSA) is 93.6 Å². The van der Waals surface area contributed by atoms with E-state index in [1.165, 1.54) is 0 Å². The molecule has 0 spiro atoms. The molecule has 0 radical (unpaired) electrons. The van der Waals surface area contributed by atoms with Gasteiger partial charge in [-0.05, 0) is 25.5 Å². The van der Waals surface area contributed by atoms with Crippen molar-refractivity contribution in [1.29, 1.82) is 0 Å². The summed E-state index contributed by atoms with van der Waals surface area (Å²) in [4.78, 5) is 19.6. The lowest BCUT2D eigenvalue weighted by Crippen LogP contribution is -2.40. The Morgan fingerprint density at radius 3 is 2.68 bits per heavy atom. The highest BCUT2D eigenvalue weighted by Crippen LogP contribution is 2.25. The van der Waals surface area contributed by atoms with Gasteiger partial charge in [0.05, 0.1) is 30.2 Å². The molecule has 2 aromatic rings. The summed E-state index contributed by atoms with van der Waals surface area (Å²) in [6, 6.07) is 7.55. The number of nitrogens with zero attached hydrogens (tertiary/aromatic N) is 2. The summed E-state index contributed by atoms with van der Waals surface area (Å²) in [7, 11) is 1.65. The lowest BCUT2D eigenvalue weighted by molar-refractivity contribution is 0.170. The van der Waals surface area contributed by atoms with Crippen molar-refractivity contribution in [1.82, 2.24) is 15.3 Å². The van der Waals surface area contributed by atoms with Gasteiger partial charge >= 0.3 is 6.09 Å². The Morgan fingerprint density at radius 1 is 1.24 bits per heavy atom. The van der Waals surface area contributed by atoms with Gasteiger partial charge in [0.25, 0.3) is 0 Å². The summed E-state index contributed by atoms with van der Waals surface area (Å²) in [5.74, 6) is 0.462. The summed E-state index contributed by atoms with van der Waals surface area (Å²) >= 11 is 0. The van der Waals surface area contributed by atoms with E-state index in [1.54, 1.807) is 19.5 Å². The maximum atomic E-state index is 11.0. The second kappa shape index (κ2) is 8.43. The molecular weight excluding hydrogens is 322 g/mol. The Bertz CT molecular complexity index is 702. The van der Waals surface area contributed by atoms with Gasteiger partial charge in [-0.3, -0.25) is 0 Å². The van der Waals surface area contributed by atoms with Gasteiger partial charge in [-0.1, -0.05) is 18.2 Å². The molecule has 1 heterocycles. The van der Waals surface area contributed by atoms with E-state index < -0.39 is 11.6 Å². The number of hydrogen-bond donors (Lipinski definition) is 2. The minimum atomic E-state index is -1.06.